The lowest BCUT2D eigenvalue weighted by molar-refractivity contribution is -0.121. The van der Waals surface area contributed by atoms with E-state index >= 15 is 0 Å². The summed E-state index contributed by atoms with van der Waals surface area (Å²) in [6.45, 7) is 2.80. The molecule has 0 aliphatic carbocycles. The smallest absolute Gasteiger partial charge is 0.228 e. The molecule has 0 saturated carbocycles. The first-order chi connectivity index (χ1) is 12.7. The zero-order valence-electron chi connectivity index (χ0n) is 14.8. The van der Waals surface area contributed by atoms with Gasteiger partial charge in [0, 0.05) is 25.2 Å². The molecule has 1 spiro atoms. The van der Waals surface area contributed by atoms with E-state index in [0.29, 0.717) is 5.56 Å². The van der Waals surface area contributed by atoms with Gasteiger partial charge < -0.3 is 5.32 Å². The van der Waals surface area contributed by atoms with Crippen LogP contribution in [0.25, 0.3) is 0 Å². The van der Waals surface area contributed by atoms with Crippen LogP contribution < -0.4 is 5.32 Å². The van der Waals surface area contributed by atoms with Crippen molar-refractivity contribution in [3.8, 4) is 6.07 Å². The summed E-state index contributed by atoms with van der Waals surface area (Å²) in [5.41, 5.74) is 2.96. The number of carbonyl (C=O) groups excluding carboxylic acids is 1. The molecule has 4 nitrogen and oxygen atoms in total. The normalized spacial score (nSPS) is 22.1. The summed E-state index contributed by atoms with van der Waals surface area (Å²) >= 11 is 0. The molecule has 0 unspecified atom stereocenters. The first-order valence-electron chi connectivity index (χ1n) is 9.26. The molecule has 2 heterocycles. The van der Waals surface area contributed by atoms with Gasteiger partial charge in [-0.05, 0) is 42.5 Å². The van der Waals surface area contributed by atoms with Crippen molar-refractivity contribution in [3.05, 3.63) is 71.3 Å². The van der Waals surface area contributed by atoms with Gasteiger partial charge in [0.2, 0.25) is 5.91 Å². The minimum Gasteiger partial charge on any atom is -0.350 e. The SMILES string of the molecule is N#Cc1cccc(CN2CCC3(CC2)C[C@H](c2ccccc2)C(=O)N3)c1. The van der Waals surface area contributed by atoms with Crippen molar-refractivity contribution < 1.29 is 4.79 Å². The molecule has 2 saturated heterocycles. The van der Waals surface area contributed by atoms with E-state index in [2.05, 4.69) is 34.5 Å². The third kappa shape index (κ3) is 3.36. The van der Waals surface area contributed by atoms with Crippen LogP contribution in [0.2, 0.25) is 0 Å². The summed E-state index contributed by atoms with van der Waals surface area (Å²) in [4.78, 5) is 15.0. The fourth-order valence-electron chi connectivity index (χ4n) is 4.30. The van der Waals surface area contributed by atoms with Crippen molar-refractivity contribution in [2.45, 2.75) is 37.3 Å². The number of benzene rings is 2. The summed E-state index contributed by atoms with van der Waals surface area (Å²) in [7, 11) is 0. The van der Waals surface area contributed by atoms with Crippen LogP contribution in [0.15, 0.2) is 54.6 Å². The van der Waals surface area contributed by atoms with Crippen molar-refractivity contribution in [2.24, 2.45) is 0 Å². The second-order valence-electron chi connectivity index (χ2n) is 7.53. The zero-order chi connectivity index (χ0) is 18.0. The third-order valence-corrected chi connectivity index (χ3v) is 5.78. The molecule has 2 aliphatic heterocycles. The predicted octanol–water partition coefficient (Wildman–Crippen LogP) is 3.20. The number of carbonyl (C=O) groups is 1. The van der Waals surface area contributed by atoms with Crippen LogP contribution in [0.4, 0.5) is 0 Å². The molecular formula is C22H23N3O. The van der Waals surface area contributed by atoms with Gasteiger partial charge in [-0.2, -0.15) is 5.26 Å². The number of rotatable bonds is 3. The first-order valence-corrected chi connectivity index (χ1v) is 9.26. The second-order valence-corrected chi connectivity index (χ2v) is 7.53. The Morgan fingerprint density at radius 1 is 1.12 bits per heavy atom. The molecule has 1 N–H and O–H groups in total. The highest BCUT2D eigenvalue weighted by Gasteiger charge is 2.45. The Hall–Kier alpha value is -2.64. The number of piperidine rings is 1. The average molecular weight is 345 g/mol. The minimum absolute atomic E-state index is 0.0185. The molecule has 132 valence electrons. The van der Waals surface area contributed by atoms with Gasteiger partial charge in [0.1, 0.15) is 0 Å². The van der Waals surface area contributed by atoms with Gasteiger partial charge in [-0.1, -0.05) is 42.5 Å². The molecule has 1 amide bonds. The predicted molar refractivity (Wildman–Crippen MR) is 100 cm³/mol. The highest BCUT2D eigenvalue weighted by molar-refractivity contribution is 5.87. The fourth-order valence-corrected chi connectivity index (χ4v) is 4.30. The Morgan fingerprint density at radius 3 is 2.62 bits per heavy atom. The number of nitriles is 1. The highest BCUT2D eigenvalue weighted by Crippen LogP contribution is 2.39. The lowest BCUT2D eigenvalue weighted by atomic mass is 9.82. The van der Waals surface area contributed by atoms with Crippen LogP contribution in [0.1, 0.15) is 41.9 Å². The van der Waals surface area contributed by atoms with E-state index in [0.717, 1.165) is 44.5 Å². The summed E-state index contributed by atoms with van der Waals surface area (Å²) in [5, 5.41) is 12.4. The van der Waals surface area contributed by atoms with E-state index in [1.807, 2.05) is 36.4 Å². The van der Waals surface area contributed by atoms with Crippen LogP contribution >= 0.6 is 0 Å². The summed E-state index contributed by atoms with van der Waals surface area (Å²) in [6, 6.07) is 20.1. The molecule has 26 heavy (non-hydrogen) atoms. The van der Waals surface area contributed by atoms with Crippen LogP contribution in [0, 0.1) is 11.3 Å². The number of likely N-dealkylation sites (tertiary alicyclic amines) is 1. The van der Waals surface area contributed by atoms with Crippen molar-refractivity contribution in [2.75, 3.05) is 13.1 Å². The van der Waals surface area contributed by atoms with Crippen LogP contribution in [-0.2, 0) is 11.3 Å². The second kappa shape index (κ2) is 6.93. The van der Waals surface area contributed by atoms with E-state index in [4.69, 9.17) is 5.26 Å². The van der Waals surface area contributed by atoms with Gasteiger partial charge in [0.05, 0.1) is 17.6 Å². The van der Waals surface area contributed by atoms with E-state index in [1.54, 1.807) is 0 Å². The highest BCUT2D eigenvalue weighted by atomic mass is 16.2. The number of hydrogen-bond donors (Lipinski definition) is 1. The molecule has 2 aliphatic rings. The quantitative estimate of drug-likeness (QED) is 0.929. The summed E-state index contributed by atoms with van der Waals surface area (Å²) in [5.74, 6) is 0.154. The van der Waals surface area contributed by atoms with Crippen LogP contribution in [0.5, 0.6) is 0 Å². The third-order valence-electron chi connectivity index (χ3n) is 5.78. The van der Waals surface area contributed by atoms with Gasteiger partial charge in [-0.25, -0.2) is 0 Å². The Kier molecular flexibility index (Phi) is 4.48. The molecule has 2 fully saturated rings. The van der Waals surface area contributed by atoms with E-state index in [9.17, 15) is 4.79 Å². The van der Waals surface area contributed by atoms with Gasteiger partial charge in [0.25, 0.3) is 0 Å². The van der Waals surface area contributed by atoms with Gasteiger partial charge in [0.15, 0.2) is 0 Å². The van der Waals surface area contributed by atoms with E-state index in [-0.39, 0.29) is 17.4 Å². The Bertz CT molecular complexity index is 832. The summed E-state index contributed by atoms with van der Waals surface area (Å²) < 4.78 is 0. The lowest BCUT2D eigenvalue weighted by Crippen LogP contribution is -2.50. The number of hydrogen-bond acceptors (Lipinski definition) is 3. The van der Waals surface area contributed by atoms with Crippen molar-refractivity contribution in [1.29, 1.82) is 5.26 Å². The fraction of sp³-hybridized carbons (Fsp3) is 0.364. The topological polar surface area (TPSA) is 56.1 Å². The standard InChI is InChI=1S/C22H23N3O/c23-15-17-5-4-6-18(13-17)16-25-11-9-22(10-12-25)14-20(21(26)24-22)19-7-2-1-3-8-19/h1-8,13,20H,9-12,14,16H2,(H,24,26)/t20-/m1/s1. The largest absolute Gasteiger partial charge is 0.350 e. The van der Waals surface area contributed by atoms with Crippen LogP contribution in [0.3, 0.4) is 0 Å². The average Bonchev–Trinajstić information content (AvgIpc) is 3.01. The number of nitrogens with one attached hydrogen (secondary N) is 1. The molecule has 0 bridgehead atoms. The number of nitrogens with zero attached hydrogens (tertiary/aromatic N) is 2. The maximum absolute atomic E-state index is 12.5. The van der Waals surface area contributed by atoms with Gasteiger partial charge in [-0.3, -0.25) is 9.69 Å². The monoisotopic (exact) mass is 345 g/mol. The Balaban J connectivity index is 1.39. The Labute approximate surface area is 154 Å². The molecular weight excluding hydrogens is 322 g/mol. The molecule has 2 aromatic carbocycles. The van der Waals surface area contributed by atoms with Gasteiger partial charge >= 0.3 is 0 Å². The molecule has 2 aromatic rings. The van der Waals surface area contributed by atoms with Crippen LogP contribution in [-0.4, -0.2) is 29.4 Å². The maximum atomic E-state index is 12.5. The molecule has 4 heteroatoms. The molecule has 0 aromatic heterocycles. The zero-order valence-corrected chi connectivity index (χ0v) is 14.8. The van der Waals surface area contributed by atoms with E-state index in [1.165, 1.54) is 5.56 Å². The van der Waals surface area contributed by atoms with Crippen molar-refractivity contribution in [1.82, 2.24) is 10.2 Å². The Morgan fingerprint density at radius 2 is 1.88 bits per heavy atom. The molecule has 0 radical (unpaired) electrons. The molecule has 4 rings (SSSR count). The lowest BCUT2D eigenvalue weighted by Gasteiger charge is -2.39. The first kappa shape index (κ1) is 16.8. The van der Waals surface area contributed by atoms with E-state index < -0.39 is 0 Å². The van der Waals surface area contributed by atoms with Crippen molar-refractivity contribution >= 4 is 5.91 Å². The maximum Gasteiger partial charge on any atom is 0.228 e. The number of amides is 1. The van der Waals surface area contributed by atoms with Crippen molar-refractivity contribution in [3.63, 3.8) is 0 Å². The van der Waals surface area contributed by atoms with Gasteiger partial charge in [-0.15, -0.1) is 0 Å². The summed E-state index contributed by atoms with van der Waals surface area (Å²) in [6.07, 6.45) is 2.87. The minimum atomic E-state index is -0.0530. The molecule has 1 atom stereocenters.